The highest BCUT2D eigenvalue weighted by atomic mass is 14.9. The van der Waals surface area contributed by atoms with Crippen LogP contribution in [-0.2, 0) is 6.42 Å². The Labute approximate surface area is 119 Å². The second-order valence-corrected chi connectivity index (χ2v) is 5.97. The number of nitrogens with one attached hydrogen (secondary N) is 2. The van der Waals surface area contributed by atoms with E-state index < -0.39 is 0 Å². The molecule has 0 bridgehead atoms. The fourth-order valence-electron chi connectivity index (χ4n) is 3.45. The summed E-state index contributed by atoms with van der Waals surface area (Å²) >= 11 is 0. The van der Waals surface area contributed by atoms with Crippen LogP contribution in [0, 0.1) is 5.92 Å². The van der Waals surface area contributed by atoms with Crippen LogP contribution in [-0.4, -0.2) is 18.1 Å². The third kappa shape index (κ3) is 2.10. The Kier molecular flexibility index (Phi) is 2.96. The molecule has 1 fully saturated rings. The molecule has 4 rings (SSSR count). The molecule has 0 radical (unpaired) electrons. The number of hydrogen-bond acceptors (Lipinski definition) is 1. The first-order chi connectivity index (χ1) is 9.90. The van der Waals surface area contributed by atoms with Gasteiger partial charge in [-0.1, -0.05) is 24.3 Å². The van der Waals surface area contributed by atoms with Crippen LogP contribution in [0.25, 0.3) is 21.8 Å². The third-order valence-corrected chi connectivity index (χ3v) is 4.49. The molecule has 0 amide bonds. The van der Waals surface area contributed by atoms with Gasteiger partial charge >= 0.3 is 0 Å². The zero-order valence-electron chi connectivity index (χ0n) is 11.7. The van der Waals surface area contributed by atoms with Gasteiger partial charge in [-0.05, 0) is 62.0 Å². The van der Waals surface area contributed by atoms with Gasteiger partial charge in [0, 0.05) is 21.8 Å². The van der Waals surface area contributed by atoms with Gasteiger partial charge in [0.2, 0.25) is 0 Å². The minimum atomic E-state index is 0.798. The van der Waals surface area contributed by atoms with Crippen molar-refractivity contribution in [1.29, 1.82) is 0 Å². The molecule has 2 aromatic carbocycles. The standard InChI is InChI=1S/C18H20N2/c1-2-6-17-15(5-1)16-11-13(7-8-18(16)20-17)10-14-4-3-9-19-12-14/h1-2,5-8,11,14,19-20H,3-4,9-10,12H2. The Morgan fingerprint density at radius 1 is 1.00 bits per heavy atom. The molecule has 1 unspecified atom stereocenters. The van der Waals surface area contributed by atoms with Gasteiger partial charge < -0.3 is 10.3 Å². The molecular formula is C18H20N2. The van der Waals surface area contributed by atoms with Crippen LogP contribution in [0.5, 0.6) is 0 Å². The van der Waals surface area contributed by atoms with E-state index in [1.54, 1.807) is 0 Å². The van der Waals surface area contributed by atoms with E-state index in [0.717, 1.165) is 5.92 Å². The summed E-state index contributed by atoms with van der Waals surface area (Å²) in [5.41, 5.74) is 3.95. The first kappa shape index (κ1) is 12.0. The summed E-state index contributed by atoms with van der Waals surface area (Å²) in [4.78, 5) is 3.50. The van der Waals surface area contributed by atoms with Crippen LogP contribution in [0.15, 0.2) is 42.5 Å². The maximum Gasteiger partial charge on any atom is 0.0465 e. The molecule has 1 atom stereocenters. The predicted molar refractivity (Wildman–Crippen MR) is 85.1 cm³/mol. The lowest BCUT2D eigenvalue weighted by Crippen LogP contribution is -2.30. The first-order valence-corrected chi connectivity index (χ1v) is 7.60. The van der Waals surface area contributed by atoms with E-state index in [1.807, 2.05) is 0 Å². The number of fused-ring (bicyclic) bond motifs is 3. The largest absolute Gasteiger partial charge is 0.355 e. The summed E-state index contributed by atoms with van der Waals surface area (Å²) < 4.78 is 0. The van der Waals surface area contributed by atoms with Gasteiger partial charge in [0.05, 0.1) is 0 Å². The molecule has 2 heterocycles. The first-order valence-electron chi connectivity index (χ1n) is 7.60. The number of rotatable bonds is 2. The zero-order chi connectivity index (χ0) is 13.4. The van der Waals surface area contributed by atoms with Crippen molar-refractivity contribution < 1.29 is 0 Å². The van der Waals surface area contributed by atoms with Gasteiger partial charge in [0.1, 0.15) is 0 Å². The van der Waals surface area contributed by atoms with Crippen LogP contribution < -0.4 is 5.32 Å². The van der Waals surface area contributed by atoms with Crippen molar-refractivity contribution in [3.05, 3.63) is 48.0 Å². The molecule has 0 saturated carbocycles. The quantitative estimate of drug-likeness (QED) is 0.722. The predicted octanol–water partition coefficient (Wildman–Crippen LogP) is 3.86. The van der Waals surface area contributed by atoms with Crippen molar-refractivity contribution in [3.8, 4) is 0 Å². The summed E-state index contributed by atoms with van der Waals surface area (Å²) in [6, 6.07) is 15.5. The van der Waals surface area contributed by atoms with Crippen LogP contribution in [0.1, 0.15) is 18.4 Å². The van der Waals surface area contributed by atoms with Crippen molar-refractivity contribution in [2.24, 2.45) is 5.92 Å². The number of aromatic nitrogens is 1. The van der Waals surface area contributed by atoms with Gasteiger partial charge in [-0.2, -0.15) is 0 Å². The van der Waals surface area contributed by atoms with Crippen molar-refractivity contribution in [2.45, 2.75) is 19.3 Å². The number of aromatic amines is 1. The van der Waals surface area contributed by atoms with Crippen molar-refractivity contribution in [1.82, 2.24) is 10.3 Å². The molecule has 1 aliphatic heterocycles. The molecule has 2 N–H and O–H groups in total. The minimum Gasteiger partial charge on any atom is -0.355 e. The molecular weight excluding hydrogens is 244 g/mol. The lowest BCUT2D eigenvalue weighted by molar-refractivity contribution is 0.376. The lowest BCUT2D eigenvalue weighted by atomic mass is 9.92. The van der Waals surface area contributed by atoms with Gasteiger partial charge in [0.25, 0.3) is 0 Å². The molecule has 1 aliphatic rings. The second-order valence-electron chi connectivity index (χ2n) is 5.97. The van der Waals surface area contributed by atoms with Crippen LogP contribution in [0.2, 0.25) is 0 Å². The molecule has 1 aromatic heterocycles. The summed E-state index contributed by atoms with van der Waals surface area (Å²) in [7, 11) is 0. The SMILES string of the molecule is c1ccc2c(c1)[nH]c1ccc(CC3CCCNC3)cc12. The number of piperidine rings is 1. The minimum absolute atomic E-state index is 0.798. The summed E-state index contributed by atoms with van der Waals surface area (Å²) in [5, 5.41) is 6.21. The number of benzene rings is 2. The number of para-hydroxylation sites is 1. The Hall–Kier alpha value is -1.80. The maximum atomic E-state index is 3.51. The number of H-pyrrole nitrogens is 1. The molecule has 102 valence electrons. The molecule has 0 spiro atoms. The smallest absolute Gasteiger partial charge is 0.0465 e. The monoisotopic (exact) mass is 264 g/mol. The highest BCUT2D eigenvalue weighted by Gasteiger charge is 2.14. The highest BCUT2D eigenvalue weighted by Crippen LogP contribution is 2.27. The van der Waals surface area contributed by atoms with Crippen LogP contribution in [0.4, 0.5) is 0 Å². The topological polar surface area (TPSA) is 27.8 Å². The van der Waals surface area contributed by atoms with Crippen LogP contribution >= 0.6 is 0 Å². The summed E-state index contributed by atoms with van der Waals surface area (Å²) in [6.45, 7) is 2.36. The Balaban J connectivity index is 1.71. The highest BCUT2D eigenvalue weighted by molar-refractivity contribution is 6.07. The Morgan fingerprint density at radius 2 is 1.90 bits per heavy atom. The van der Waals surface area contributed by atoms with E-state index in [0.29, 0.717) is 0 Å². The summed E-state index contributed by atoms with van der Waals surface area (Å²) in [6.07, 6.45) is 3.88. The molecule has 2 heteroatoms. The van der Waals surface area contributed by atoms with E-state index in [2.05, 4.69) is 52.8 Å². The van der Waals surface area contributed by atoms with Crippen LogP contribution in [0.3, 0.4) is 0 Å². The molecule has 20 heavy (non-hydrogen) atoms. The zero-order valence-corrected chi connectivity index (χ0v) is 11.7. The average Bonchev–Trinajstić information content (AvgIpc) is 2.86. The Morgan fingerprint density at radius 3 is 2.80 bits per heavy atom. The third-order valence-electron chi connectivity index (χ3n) is 4.49. The van der Waals surface area contributed by atoms with E-state index in [4.69, 9.17) is 0 Å². The van der Waals surface area contributed by atoms with Gasteiger partial charge in [-0.25, -0.2) is 0 Å². The molecule has 2 nitrogen and oxygen atoms in total. The van der Waals surface area contributed by atoms with Gasteiger partial charge in [0.15, 0.2) is 0 Å². The normalized spacial score (nSPS) is 19.7. The fourth-order valence-corrected chi connectivity index (χ4v) is 3.45. The fraction of sp³-hybridized carbons (Fsp3) is 0.333. The van der Waals surface area contributed by atoms with Crippen molar-refractivity contribution >= 4 is 21.8 Å². The molecule has 1 saturated heterocycles. The second kappa shape index (κ2) is 4.95. The average molecular weight is 264 g/mol. The van der Waals surface area contributed by atoms with E-state index in [9.17, 15) is 0 Å². The molecule has 3 aromatic rings. The van der Waals surface area contributed by atoms with E-state index in [-0.39, 0.29) is 0 Å². The van der Waals surface area contributed by atoms with Gasteiger partial charge in [-0.15, -0.1) is 0 Å². The Bertz CT molecular complexity index is 735. The summed E-state index contributed by atoms with van der Waals surface area (Å²) in [5.74, 6) is 0.798. The van der Waals surface area contributed by atoms with Gasteiger partial charge in [-0.3, -0.25) is 0 Å². The molecule has 0 aliphatic carbocycles. The lowest BCUT2D eigenvalue weighted by Gasteiger charge is -2.22. The van der Waals surface area contributed by atoms with Crippen molar-refractivity contribution in [2.75, 3.05) is 13.1 Å². The van der Waals surface area contributed by atoms with E-state index in [1.165, 1.54) is 59.7 Å². The maximum absolute atomic E-state index is 3.51. The van der Waals surface area contributed by atoms with E-state index >= 15 is 0 Å². The number of hydrogen-bond donors (Lipinski definition) is 2. The van der Waals surface area contributed by atoms with Crippen molar-refractivity contribution in [3.63, 3.8) is 0 Å².